The van der Waals surface area contributed by atoms with Crippen molar-refractivity contribution in [2.24, 2.45) is 0 Å². The molecule has 0 fully saturated rings. The lowest BCUT2D eigenvalue weighted by Gasteiger charge is -2.08. The maximum Gasteiger partial charge on any atom is 0.320 e. The largest absolute Gasteiger partial charge is 0.325 e. The normalized spacial score (nSPS) is 9.62. The van der Waals surface area contributed by atoms with E-state index in [9.17, 15) is 4.79 Å². The van der Waals surface area contributed by atoms with Crippen LogP contribution in [-0.4, -0.2) is 12.6 Å². The summed E-state index contributed by atoms with van der Waals surface area (Å²) < 4.78 is 0. The molecule has 0 heterocycles. The van der Waals surface area contributed by atoms with E-state index in [2.05, 4.69) is 24.5 Å². The molecule has 0 bridgehead atoms. The predicted octanol–water partition coefficient (Wildman–Crippen LogP) is 2.46. The van der Waals surface area contributed by atoms with Crippen LogP contribution in [0.1, 0.15) is 25.3 Å². The first-order valence-electron chi connectivity index (χ1n) is 5.15. The summed E-state index contributed by atoms with van der Waals surface area (Å²) in [6, 6.07) is 9.12. The third kappa shape index (κ3) is 3.62. The quantitative estimate of drug-likeness (QED) is 0.764. The van der Waals surface area contributed by atoms with Crippen molar-refractivity contribution in [2.45, 2.75) is 19.8 Å². The Kier molecular flexibility index (Phi) is 4.34. The third-order valence-corrected chi connectivity index (χ3v) is 2.16. The molecule has 0 aliphatic heterocycles. The summed E-state index contributed by atoms with van der Waals surface area (Å²) in [5, 5.41) is 13.3. The van der Waals surface area contributed by atoms with Gasteiger partial charge >= 0.3 is 6.03 Å². The number of amides is 2. The van der Waals surface area contributed by atoms with Gasteiger partial charge in [0.15, 0.2) is 0 Å². The van der Waals surface area contributed by atoms with E-state index in [0.717, 1.165) is 5.69 Å². The highest BCUT2D eigenvalue weighted by Crippen LogP contribution is 2.16. The summed E-state index contributed by atoms with van der Waals surface area (Å²) >= 11 is 0. The zero-order valence-corrected chi connectivity index (χ0v) is 9.45. The van der Waals surface area contributed by atoms with E-state index in [1.54, 1.807) is 0 Å². The molecule has 0 aromatic heterocycles. The fourth-order valence-corrected chi connectivity index (χ4v) is 1.25. The van der Waals surface area contributed by atoms with E-state index in [4.69, 9.17) is 5.26 Å². The van der Waals surface area contributed by atoms with E-state index in [-0.39, 0.29) is 12.6 Å². The second-order valence-electron chi connectivity index (χ2n) is 3.74. The lowest BCUT2D eigenvalue weighted by Crippen LogP contribution is -2.28. The molecule has 2 N–H and O–H groups in total. The number of carbonyl (C=O) groups excluding carboxylic acids is 1. The standard InChI is InChI=1S/C12H15N3O/c1-9(2)10-3-5-11(6-4-10)15-12(16)14-8-7-13/h3-6,9H,8H2,1-2H3,(H2,14,15,16). The van der Waals surface area contributed by atoms with Crippen LogP contribution in [0, 0.1) is 11.3 Å². The Balaban J connectivity index is 2.55. The van der Waals surface area contributed by atoms with E-state index in [1.807, 2.05) is 30.3 Å². The van der Waals surface area contributed by atoms with Crippen LogP contribution in [0.15, 0.2) is 24.3 Å². The van der Waals surface area contributed by atoms with Crippen LogP contribution in [0.3, 0.4) is 0 Å². The Morgan fingerprint density at radius 3 is 2.50 bits per heavy atom. The minimum atomic E-state index is -0.362. The summed E-state index contributed by atoms with van der Waals surface area (Å²) in [5.41, 5.74) is 1.95. The molecule has 0 saturated heterocycles. The van der Waals surface area contributed by atoms with Crippen molar-refractivity contribution in [1.82, 2.24) is 5.32 Å². The van der Waals surface area contributed by atoms with Crippen LogP contribution in [0.4, 0.5) is 10.5 Å². The molecular formula is C12H15N3O. The summed E-state index contributed by atoms with van der Waals surface area (Å²) in [7, 11) is 0. The van der Waals surface area contributed by atoms with Crippen LogP contribution in [0.25, 0.3) is 0 Å². The van der Waals surface area contributed by atoms with Crippen molar-refractivity contribution < 1.29 is 4.79 Å². The number of carbonyl (C=O) groups is 1. The first-order valence-corrected chi connectivity index (χ1v) is 5.15. The third-order valence-electron chi connectivity index (χ3n) is 2.16. The minimum absolute atomic E-state index is 0.00983. The van der Waals surface area contributed by atoms with Crippen molar-refractivity contribution in [3.63, 3.8) is 0 Å². The van der Waals surface area contributed by atoms with Crippen LogP contribution < -0.4 is 10.6 Å². The number of hydrogen-bond donors (Lipinski definition) is 2. The maximum absolute atomic E-state index is 11.2. The summed E-state index contributed by atoms with van der Waals surface area (Å²) in [6.45, 7) is 4.24. The molecule has 4 heteroatoms. The predicted molar refractivity (Wildman–Crippen MR) is 63.2 cm³/mol. The Bertz CT molecular complexity index is 390. The molecule has 0 unspecified atom stereocenters. The Hall–Kier alpha value is -2.02. The summed E-state index contributed by atoms with van der Waals surface area (Å²) in [5.74, 6) is 0.474. The first-order chi connectivity index (χ1) is 7.63. The second kappa shape index (κ2) is 5.76. The van der Waals surface area contributed by atoms with Crippen LogP contribution in [-0.2, 0) is 0 Å². The molecule has 16 heavy (non-hydrogen) atoms. The number of rotatable bonds is 3. The van der Waals surface area contributed by atoms with Gasteiger partial charge in [-0.15, -0.1) is 0 Å². The minimum Gasteiger partial charge on any atom is -0.325 e. The lowest BCUT2D eigenvalue weighted by molar-refractivity contribution is 0.253. The van der Waals surface area contributed by atoms with Crippen molar-refractivity contribution in [1.29, 1.82) is 5.26 Å². The van der Waals surface area contributed by atoms with Crippen molar-refractivity contribution >= 4 is 11.7 Å². The van der Waals surface area contributed by atoms with Crippen molar-refractivity contribution in [2.75, 3.05) is 11.9 Å². The SMILES string of the molecule is CC(C)c1ccc(NC(=O)NCC#N)cc1. The number of urea groups is 1. The Morgan fingerprint density at radius 2 is 2.00 bits per heavy atom. The second-order valence-corrected chi connectivity index (χ2v) is 3.74. The molecule has 0 saturated carbocycles. The van der Waals surface area contributed by atoms with E-state index < -0.39 is 0 Å². The molecule has 84 valence electrons. The molecule has 0 aliphatic carbocycles. The summed E-state index contributed by atoms with van der Waals surface area (Å²) in [4.78, 5) is 11.2. The average molecular weight is 217 g/mol. The number of nitrogens with one attached hydrogen (secondary N) is 2. The molecule has 1 rings (SSSR count). The van der Waals surface area contributed by atoms with Crippen LogP contribution >= 0.6 is 0 Å². The van der Waals surface area contributed by atoms with Crippen molar-refractivity contribution in [3.05, 3.63) is 29.8 Å². The van der Waals surface area contributed by atoms with E-state index >= 15 is 0 Å². The van der Waals surface area contributed by atoms with E-state index in [1.165, 1.54) is 5.56 Å². The molecule has 0 aliphatic rings. The summed E-state index contributed by atoms with van der Waals surface area (Å²) in [6.07, 6.45) is 0. The molecule has 1 aromatic carbocycles. The van der Waals surface area contributed by atoms with Gasteiger partial charge in [-0.3, -0.25) is 0 Å². The fraction of sp³-hybridized carbons (Fsp3) is 0.333. The number of anilines is 1. The first kappa shape index (κ1) is 12.1. The molecular weight excluding hydrogens is 202 g/mol. The number of hydrogen-bond acceptors (Lipinski definition) is 2. The average Bonchev–Trinajstić information content (AvgIpc) is 2.27. The Labute approximate surface area is 95.3 Å². The highest BCUT2D eigenvalue weighted by atomic mass is 16.2. The molecule has 0 radical (unpaired) electrons. The van der Waals surface area contributed by atoms with Gasteiger partial charge in [0.25, 0.3) is 0 Å². The molecule has 4 nitrogen and oxygen atoms in total. The van der Waals surface area contributed by atoms with Crippen LogP contribution in [0.2, 0.25) is 0 Å². The monoisotopic (exact) mass is 217 g/mol. The number of nitriles is 1. The van der Waals surface area contributed by atoms with Gasteiger partial charge in [0.05, 0.1) is 6.07 Å². The smallest absolute Gasteiger partial charge is 0.320 e. The highest BCUT2D eigenvalue weighted by Gasteiger charge is 2.01. The molecule has 2 amide bonds. The van der Waals surface area contributed by atoms with Gasteiger partial charge in [-0.1, -0.05) is 26.0 Å². The van der Waals surface area contributed by atoms with Gasteiger partial charge in [-0.25, -0.2) is 4.79 Å². The molecule has 0 spiro atoms. The Morgan fingerprint density at radius 1 is 1.38 bits per heavy atom. The zero-order chi connectivity index (χ0) is 12.0. The van der Waals surface area contributed by atoms with Gasteiger partial charge in [0, 0.05) is 5.69 Å². The lowest BCUT2D eigenvalue weighted by atomic mass is 10.0. The van der Waals surface area contributed by atoms with Gasteiger partial charge in [0.2, 0.25) is 0 Å². The van der Waals surface area contributed by atoms with E-state index in [0.29, 0.717) is 5.92 Å². The van der Waals surface area contributed by atoms with Gasteiger partial charge in [0.1, 0.15) is 6.54 Å². The van der Waals surface area contributed by atoms with Gasteiger partial charge in [-0.2, -0.15) is 5.26 Å². The van der Waals surface area contributed by atoms with Gasteiger partial charge < -0.3 is 10.6 Å². The maximum atomic E-state index is 11.2. The van der Waals surface area contributed by atoms with Crippen LogP contribution in [0.5, 0.6) is 0 Å². The highest BCUT2D eigenvalue weighted by molar-refractivity contribution is 5.89. The molecule has 1 aromatic rings. The zero-order valence-electron chi connectivity index (χ0n) is 9.45. The topological polar surface area (TPSA) is 64.9 Å². The van der Waals surface area contributed by atoms with Gasteiger partial charge in [-0.05, 0) is 23.6 Å². The number of benzene rings is 1. The van der Waals surface area contributed by atoms with Crippen molar-refractivity contribution in [3.8, 4) is 6.07 Å². The molecule has 0 atom stereocenters. The fourth-order valence-electron chi connectivity index (χ4n) is 1.25. The number of nitrogens with zero attached hydrogens (tertiary/aromatic N) is 1.